The second-order valence-electron chi connectivity index (χ2n) is 6.83. The van der Waals surface area contributed by atoms with Gasteiger partial charge in [-0.25, -0.2) is 4.79 Å². The predicted molar refractivity (Wildman–Crippen MR) is 99.8 cm³/mol. The number of hydrogen-bond acceptors (Lipinski definition) is 4. The number of nitrogens with zero attached hydrogens (tertiary/aromatic N) is 2. The average Bonchev–Trinajstić information content (AvgIpc) is 2.94. The summed E-state index contributed by atoms with van der Waals surface area (Å²) in [4.78, 5) is 28.7. The summed E-state index contributed by atoms with van der Waals surface area (Å²) in [5, 5.41) is 0. The van der Waals surface area contributed by atoms with E-state index in [4.69, 9.17) is 9.47 Å². The molecule has 6 heteroatoms. The summed E-state index contributed by atoms with van der Waals surface area (Å²) in [6, 6.07) is 13.1. The lowest BCUT2D eigenvalue weighted by Crippen LogP contribution is -2.39. The molecule has 0 aromatic heterocycles. The molecule has 2 aliphatic heterocycles. The Morgan fingerprint density at radius 2 is 1.74 bits per heavy atom. The lowest BCUT2D eigenvalue weighted by Gasteiger charge is -2.28. The quantitative estimate of drug-likeness (QED) is 0.764. The van der Waals surface area contributed by atoms with Gasteiger partial charge in [-0.3, -0.25) is 9.69 Å². The number of hydrogen-bond donors (Lipinski definition) is 0. The van der Waals surface area contributed by atoms with E-state index in [1.807, 2.05) is 42.5 Å². The molecule has 140 valence electrons. The Kier molecular flexibility index (Phi) is 4.48. The number of fused-ring (bicyclic) bond motifs is 2. The van der Waals surface area contributed by atoms with Gasteiger partial charge in [0, 0.05) is 19.5 Å². The maximum absolute atomic E-state index is 12.8. The highest BCUT2D eigenvalue weighted by Gasteiger charge is 2.46. The molecule has 1 fully saturated rings. The average molecular weight is 366 g/mol. The molecule has 0 aliphatic carbocycles. The number of carbonyl (C=O) groups is 2. The Morgan fingerprint density at radius 3 is 2.48 bits per heavy atom. The third kappa shape index (κ3) is 3.01. The smallest absolute Gasteiger partial charge is 0.327 e. The standard InChI is InChI=1S/C21H22N2O4/c1-26-18-8-7-14(11-19(18)27-2)9-10-22-20(24)17-12-15-5-3-4-6-16(15)13-23(17)21(22)25/h3-8,11,17H,9-10,12-13H2,1-2H3/t17-/m1/s1. The second-order valence-corrected chi connectivity index (χ2v) is 6.83. The molecule has 0 unspecified atom stereocenters. The SMILES string of the molecule is COc1ccc(CCN2C(=O)[C@H]3Cc4ccccc4CN3C2=O)cc1OC. The minimum absolute atomic E-state index is 0.102. The van der Waals surface area contributed by atoms with E-state index in [-0.39, 0.29) is 18.0 Å². The fourth-order valence-electron chi connectivity index (χ4n) is 3.86. The fraction of sp³-hybridized carbons (Fsp3) is 0.333. The molecule has 0 bridgehead atoms. The van der Waals surface area contributed by atoms with E-state index in [0.717, 1.165) is 16.7 Å². The highest BCUT2D eigenvalue weighted by atomic mass is 16.5. The molecule has 0 spiro atoms. The van der Waals surface area contributed by atoms with Crippen molar-refractivity contribution in [2.45, 2.75) is 25.4 Å². The van der Waals surface area contributed by atoms with Gasteiger partial charge in [0.15, 0.2) is 11.5 Å². The molecule has 0 radical (unpaired) electrons. The van der Waals surface area contributed by atoms with Crippen LogP contribution < -0.4 is 9.47 Å². The van der Waals surface area contributed by atoms with Crippen molar-refractivity contribution in [1.82, 2.24) is 9.80 Å². The molecule has 2 heterocycles. The molecular formula is C21H22N2O4. The number of carbonyl (C=O) groups excluding carboxylic acids is 2. The largest absolute Gasteiger partial charge is 0.493 e. The fourth-order valence-corrected chi connectivity index (χ4v) is 3.86. The van der Waals surface area contributed by atoms with Crippen molar-refractivity contribution in [2.75, 3.05) is 20.8 Å². The number of imide groups is 1. The number of rotatable bonds is 5. The third-order valence-corrected chi connectivity index (χ3v) is 5.35. The molecular weight excluding hydrogens is 344 g/mol. The minimum Gasteiger partial charge on any atom is -0.493 e. The first-order valence-electron chi connectivity index (χ1n) is 9.02. The van der Waals surface area contributed by atoms with Gasteiger partial charge in [-0.15, -0.1) is 0 Å². The van der Waals surface area contributed by atoms with Crippen LogP contribution in [0.1, 0.15) is 16.7 Å². The third-order valence-electron chi connectivity index (χ3n) is 5.35. The molecule has 1 atom stereocenters. The predicted octanol–water partition coefficient (Wildman–Crippen LogP) is 2.64. The lowest BCUT2D eigenvalue weighted by molar-refractivity contribution is -0.128. The van der Waals surface area contributed by atoms with Crippen molar-refractivity contribution in [2.24, 2.45) is 0 Å². The van der Waals surface area contributed by atoms with E-state index >= 15 is 0 Å². The van der Waals surface area contributed by atoms with Gasteiger partial charge in [-0.1, -0.05) is 30.3 Å². The van der Waals surface area contributed by atoms with Crippen LogP contribution in [0.4, 0.5) is 4.79 Å². The molecule has 1 saturated heterocycles. The summed E-state index contributed by atoms with van der Waals surface area (Å²) in [6.45, 7) is 0.856. The molecule has 0 N–H and O–H groups in total. The van der Waals surface area contributed by atoms with E-state index in [1.54, 1.807) is 19.1 Å². The van der Waals surface area contributed by atoms with Crippen LogP contribution in [0.15, 0.2) is 42.5 Å². The van der Waals surface area contributed by atoms with Crippen LogP contribution in [0.3, 0.4) is 0 Å². The zero-order chi connectivity index (χ0) is 19.0. The van der Waals surface area contributed by atoms with Gasteiger partial charge in [0.2, 0.25) is 0 Å². The van der Waals surface area contributed by atoms with Gasteiger partial charge in [0.25, 0.3) is 5.91 Å². The Bertz CT molecular complexity index is 853. The second kappa shape index (κ2) is 6.95. The van der Waals surface area contributed by atoms with Gasteiger partial charge in [-0.05, 0) is 35.2 Å². The summed E-state index contributed by atoms with van der Waals surface area (Å²) < 4.78 is 10.6. The van der Waals surface area contributed by atoms with E-state index < -0.39 is 0 Å². The first-order chi connectivity index (χ1) is 13.1. The van der Waals surface area contributed by atoms with Crippen molar-refractivity contribution < 1.29 is 19.1 Å². The number of ether oxygens (including phenoxy) is 2. The first-order valence-corrected chi connectivity index (χ1v) is 9.02. The van der Waals surface area contributed by atoms with Crippen LogP contribution in [-0.2, 0) is 24.2 Å². The molecule has 27 heavy (non-hydrogen) atoms. The topological polar surface area (TPSA) is 59.1 Å². The maximum atomic E-state index is 12.8. The van der Waals surface area contributed by atoms with Gasteiger partial charge in [0.1, 0.15) is 6.04 Å². The first kappa shape index (κ1) is 17.4. The normalized spacial score (nSPS) is 18.4. The van der Waals surface area contributed by atoms with Gasteiger partial charge in [0.05, 0.1) is 14.2 Å². The highest BCUT2D eigenvalue weighted by Crippen LogP contribution is 2.31. The van der Waals surface area contributed by atoms with Gasteiger partial charge >= 0.3 is 6.03 Å². The van der Waals surface area contributed by atoms with Crippen LogP contribution in [0.5, 0.6) is 11.5 Å². The van der Waals surface area contributed by atoms with Gasteiger partial charge in [-0.2, -0.15) is 0 Å². The van der Waals surface area contributed by atoms with E-state index in [1.165, 1.54) is 4.90 Å². The van der Waals surface area contributed by atoms with Crippen molar-refractivity contribution in [1.29, 1.82) is 0 Å². The van der Waals surface area contributed by atoms with Crippen LogP contribution in [0.2, 0.25) is 0 Å². The molecule has 3 amide bonds. The van der Waals surface area contributed by atoms with Crippen LogP contribution in [-0.4, -0.2) is 48.5 Å². The summed E-state index contributed by atoms with van der Waals surface area (Å²) in [7, 11) is 3.18. The summed E-state index contributed by atoms with van der Waals surface area (Å²) >= 11 is 0. The van der Waals surface area contributed by atoms with Crippen molar-refractivity contribution in [3.63, 3.8) is 0 Å². The van der Waals surface area contributed by atoms with E-state index in [2.05, 4.69) is 0 Å². The molecule has 2 aliphatic rings. The van der Waals surface area contributed by atoms with E-state index in [0.29, 0.717) is 37.4 Å². The van der Waals surface area contributed by atoms with Crippen LogP contribution in [0.25, 0.3) is 0 Å². The number of urea groups is 1. The summed E-state index contributed by atoms with van der Waals surface area (Å²) in [6.07, 6.45) is 1.17. The monoisotopic (exact) mass is 366 g/mol. The Morgan fingerprint density at radius 1 is 1.00 bits per heavy atom. The zero-order valence-corrected chi connectivity index (χ0v) is 15.5. The highest BCUT2D eigenvalue weighted by molar-refractivity contribution is 6.04. The van der Waals surface area contributed by atoms with Gasteiger partial charge < -0.3 is 14.4 Å². The maximum Gasteiger partial charge on any atom is 0.327 e. The lowest BCUT2D eigenvalue weighted by atomic mass is 9.95. The molecule has 0 saturated carbocycles. The summed E-state index contributed by atoms with van der Waals surface area (Å²) in [5.41, 5.74) is 3.26. The Labute approximate surface area is 158 Å². The molecule has 6 nitrogen and oxygen atoms in total. The number of amides is 3. The van der Waals surface area contributed by atoms with Crippen LogP contribution >= 0.6 is 0 Å². The summed E-state index contributed by atoms with van der Waals surface area (Å²) in [5.74, 6) is 1.20. The zero-order valence-electron chi connectivity index (χ0n) is 15.5. The molecule has 2 aromatic carbocycles. The molecule has 4 rings (SSSR count). The number of benzene rings is 2. The van der Waals surface area contributed by atoms with Crippen molar-refractivity contribution in [3.05, 3.63) is 59.2 Å². The van der Waals surface area contributed by atoms with Crippen molar-refractivity contribution in [3.8, 4) is 11.5 Å². The van der Waals surface area contributed by atoms with Crippen LogP contribution in [0, 0.1) is 0 Å². The Hall–Kier alpha value is -3.02. The van der Waals surface area contributed by atoms with Crippen molar-refractivity contribution >= 4 is 11.9 Å². The van der Waals surface area contributed by atoms with E-state index in [9.17, 15) is 9.59 Å². The Balaban J connectivity index is 1.48. The number of methoxy groups -OCH3 is 2. The molecule has 2 aromatic rings. The minimum atomic E-state index is -0.377.